The summed E-state index contributed by atoms with van der Waals surface area (Å²) in [5.74, 6) is -1.40. The van der Waals surface area contributed by atoms with Crippen molar-refractivity contribution >= 4 is 33.4 Å². The van der Waals surface area contributed by atoms with Gasteiger partial charge in [-0.25, -0.2) is 0 Å². The molecule has 4 rings (SSSR count). The Morgan fingerprint density at radius 3 is 2.38 bits per heavy atom. The quantitative estimate of drug-likeness (QED) is 0.218. The number of halogens is 4. The molecule has 0 spiro atoms. The molecule has 0 saturated carbocycles. The van der Waals surface area contributed by atoms with Gasteiger partial charge in [-0.1, -0.05) is 24.3 Å². The molecule has 10 heteroatoms. The number of benzene rings is 3. The van der Waals surface area contributed by atoms with Crippen molar-refractivity contribution in [2.24, 2.45) is 0 Å². The van der Waals surface area contributed by atoms with Crippen molar-refractivity contribution < 1.29 is 37.3 Å². The lowest BCUT2D eigenvalue weighted by atomic mass is 9.95. The minimum Gasteiger partial charge on any atom is -0.507 e. The third-order valence-electron chi connectivity index (χ3n) is 5.98. The average Bonchev–Trinajstić information content (AvgIpc) is 3.12. The van der Waals surface area contributed by atoms with Gasteiger partial charge in [-0.2, -0.15) is 13.2 Å². The summed E-state index contributed by atoms with van der Waals surface area (Å²) in [6.07, 6.45) is -4.57. The van der Waals surface area contributed by atoms with Crippen molar-refractivity contribution in [1.29, 1.82) is 0 Å². The fourth-order valence-electron chi connectivity index (χ4n) is 4.21. The summed E-state index contributed by atoms with van der Waals surface area (Å²) in [6.45, 7) is -0.292. The van der Waals surface area contributed by atoms with Crippen molar-refractivity contribution in [3.05, 3.63) is 99.0 Å². The van der Waals surface area contributed by atoms with Crippen molar-refractivity contribution in [2.45, 2.75) is 18.8 Å². The Balaban J connectivity index is 1.86. The normalized spacial score (nSPS) is 17.2. The van der Waals surface area contributed by atoms with Gasteiger partial charge >= 0.3 is 6.18 Å². The maximum Gasteiger partial charge on any atom is 0.416 e. The van der Waals surface area contributed by atoms with E-state index in [1.807, 2.05) is 0 Å². The standard InChI is InChI=1S/C27H21BrF3NO5/c1-36-19-8-4-6-16(12-19)23-22(24(33)17-9-10-21(37-2)20(28)13-17)25(34)26(35)32(23)14-15-5-3-7-18(11-15)27(29,30)31/h3-13,23,33H,14H2,1-2H3/b24-22+. The smallest absolute Gasteiger partial charge is 0.416 e. The van der Waals surface area contributed by atoms with E-state index in [9.17, 15) is 27.9 Å². The van der Waals surface area contributed by atoms with Gasteiger partial charge in [-0.3, -0.25) is 9.59 Å². The van der Waals surface area contributed by atoms with Gasteiger partial charge in [0.05, 0.1) is 35.9 Å². The van der Waals surface area contributed by atoms with Crippen LogP contribution in [0.25, 0.3) is 5.76 Å². The van der Waals surface area contributed by atoms with Crippen molar-refractivity contribution in [3.63, 3.8) is 0 Å². The summed E-state index contributed by atoms with van der Waals surface area (Å²) in [6, 6.07) is 14.7. The zero-order valence-corrected chi connectivity index (χ0v) is 21.3. The van der Waals surface area contributed by atoms with E-state index in [1.54, 1.807) is 30.3 Å². The largest absolute Gasteiger partial charge is 0.507 e. The number of carbonyl (C=O) groups excluding carboxylic acids is 2. The number of ketones is 1. The summed E-state index contributed by atoms with van der Waals surface area (Å²) in [5, 5.41) is 11.2. The van der Waals surface area contributed by atoms with E-state index in [4.69, 9.17) is 9.47 Å². The second-order valence-electron chi connectivity index (χ2n) is 8.25. The number of rotatable bonds is 6. The molecule has 1 heterocycles. The van der Waals surface area contributed by atoms with E-state index >= 15 is 0 Å². The lowest BCUT2D eigenvalue weighted by Gasteiger charge is -2.26. The van der Waals surface area contributed by atoms with Crippen LogP contribution in [0.5, 0.6) is 11.5 Å². The summed E-state index contributed by atoms with van der Waals surface area (Å²) < 4.78 is 50.9. The summed E-state index contributed by atoms with van der Waals surface area (Å²) in [4.78, 5) is 27.6. The monoisotopic (exact) mass is 575 g/mol. The first-order valence-corrected chi connectivity index (χ1v) is 11.8. The van der Waals surface area contributed by atoms with E-state index in [1.165, 1.54) is 38.5 Å². The van der Waals surface area contributed by atoms with Gasteiger partial charge in [0.1, 0.15) is 17.3 Å². The highest BCUT2D eigenvalue weighted by atomic mass is 79.9. The van der Waals surface area contributed by atoms with Gasteiger partial charge in [0, 0.05) is 12.1 Å². The molecule has 0 aromatic heterocycles. The number of carbonyl (C=O) groups is 2. The molecule has 1 fully saturated rings. The topological polar surface area (TPSA) is 76.1 Å². The molecule has 1 saturated heterocycles. The molecular weight excluding hydrogens is 555 g/mol. The van der Waals surface area contributed by atoms with Crippen molar-refractivity contribution in [3.8, 4) is 11.5 Å². The lowest BCUT2D eigenvalue weighted by Crippen LogP contribution is -2.29. The van der Waals surface area contributed by atoms with E-state index < -0.39 is 35.2 Å². The molecule has 0 radical (unpaired) electrons. The molecule has 0 aliphatic carbocycles. The molecule has 1 atom stereocenters. The number of amides is 1. The first kappa shape index (κ1) is 26.3. The Kier molecular flexibility index (Phi) is 7.31. The van der Waals surface area contributed by atoms with Gasteiger partial charge < -0.3 is 19.5 Å². The number of aliphatic hydroxyl groups is 1. The van der Waals surface area contributed by atoms with Gasteiger partial charge in [-0.15, -0.1) is 0 Å². The number of methoxy groups -OCH3 is 2. The molecular formula is C27H21BrF3NO5. The molecule has 37 heavy (non-hydrogen) atoms. The van der Waals surface area contributed by atoms with Crippen molar-refractivity contribution in [1.82, 2.24) is 4.90 Å². The van der Waals surface area contributed by atoms with Gasteiger partial charge in [0.25, 0.3) is 11.7 Å². The van der Waals surface area contributed by atoms with Crippen molar-refractivity contribution in [2.75, 3.05) is 14.2 Å². The number of ether oxygens (including phenoxy) is 2. The van der Waals surface area contributed by atoms with E-state index in [0.29, 0.717) is 21.5 Å². The number of Topliss-reactive ketones (excluding diaryl/α,β-unsaturated/α-hetero) is 1. The van der Waals surface area contributed by atoms with Crippen LogP contribution in [0.15, 0.2) is 76.8 Å². The van der Waals surface area contributed by atoms with E-state index in [-0.39, 0.29) is 23.2 Å². The van der Waals surface area contributed by atoms with Gasteiger partial charge in [-0.05, 0) is 69.5 Å². The first-order chi connectivity index (χ1) is 17.5. The minimum atomic E-state index is -4.57. The Morgan fingerprint density at radius 1 is 1.00 bits per heavy atom. The number of hydrogen-bond donors (Lipinski definition) is 1. The minimum absolute atomic E-state index is 0.178. The Morgan fingerprint density at radius 2 is 1.73 bits per heavy atom. The lowest BCUT2D eigenvalue weighted by molar-refractivity contribution is -0.140. The number of nitrogens with zero attached hydrogens (tertiary/aromatic N) is 1. The fourth-order valence-corrected chi connectivity index (χ4v) is 4.75. The zero-order chi connectivity index (χ0) is 26.9. The van der Waals surface area contributed by atoms with Crippen LogP contribution < -0.4 is 9.47 Å². The third-order valence-corrected chi connectivity index (χ3v) is 6.60. The molecule has 1 aliphatic heterocycles. The second-order valence-corrected chi connectivity index (χ2v) is 9.11. The third kappa shape index (κ3) is 5.20. The van der Waals surface area contributed by atoms with Gasteiger partial charge in [0.2, 0.25) is 0 Å². The van der Waals surface area contributed by atoms with Gasteiger partial charge in [0.15, 0.2) is 0 Å². The molecule has 192 valence electrons. The first-order valence-electron chi connectivity index (χ1n) is 11.0. The highest BCUT2D eigenvalue weighted by Gasteiger charge is 2.46. The maximum atomic E-state index is 13.3. The summed E-state index contributed by atoms with van der Waals surface area (Å²) >= 11 is 3.34. The highest BCUT2D eigenvalue weighted by molar-refractivity contribution is 9.10. The fraction of sp³-hybridized carbons (Fsp3) is 0.185. The van der Waals surface area contributed by atoms with E-state index in [2.05, 4.69) is 15.9 Å². The summed E-state index contributed by atoms with van der Waals surface area (Å²) in [7, 11) is 2.93. The number of hydrogen-bond acceptors (Lipinski definition) is 5. The zero-order valence-electron chi connectivity index (χ0n) is 19.7. The van der Waals surface area contributed by atoms with Crippen LogP contribution in [0.1, 0.15) is 28.3 Å². The van der Waals surface area contributed by atoms with Crippen LogP contribution >= 0.6 is 15.9 Å². The van der Waals surface area contributed by atoms with Crippen LogP contribution in [0, 0.1) is 0 Å². The molecule has 1 amide bonds. The number of aliphatic hydroxyl groups excluding tert-OH is 1. The van der Waals surface area contributed by atoms with Crippen LogP contribution in [0.4, 0.5) is 13.2 Å². The van der Waals surface area contributed by atoms with Crippen LogP contribution in [-0.4, -0.2) is 35.9 Å². The molecule has 6 nitrogen and oxygen atoms in total. The molecule has 1 aliphatic rings. The molecule has 1 unspecified atom stereocenters. The van der Waals surface area contributed by atoms with Crippen LogP contribution in [0.2, 0.25) is 0 Å². The predicted octanol–water partition coefficient (Wildman–Crippen LogP) is 6.11. The molecule has 0 bridgehead atoms. The maximum absolute atomic E-state index is 13.3. The Bertz CT molecular complexity index is 1400. The van der Waals surface area contributed by atoms with Crippen LogP contribution in [0.3, 0.4) is 0 Å². The van der Waals surface area contributed by atoms with E-state index in [0.717, 1.165) is 17.0 Å². The predicted molar refractivity (Wildman–Crippen MR) is 133 cm³/mol. The molecule has 1 N–H and O–H groups in total. The Hall–Kier alpha value is -3.79. The second kappa shape index (κ2) is 10.3. The average molecular weight is 576 g/mol. The number of alkyl halides is 3. The molecule has 3 aromatic rings. The highest BCUT2D eigenvalue weighted by Crippen LogP contribution is 2.42. The molecule has 3 aromatic carbocycles. The summed E-state index contributed by atoms with van der Waals surface area (Å²) in [5.41, 5.74) is -0.195. The number of likely N-dealkylation sites (tertiary alicyclic amines) is 1. The SMILES string of the molecule is COc1cccc(C2/C(=C(\O)c3ccc(OC)c(Br)c3)C(=O)C(=O)N2Cc2cccc(C(F)(F)F)c2)c1. The van der Waals surface area contributed by atoms with Crippen LogP contribution in [-0.2, 0) is 22.3 Å². The Labute approximate surface area is 219 Å².